The number of nitrogens with one attached hydrogen (secondary N) is 1. The minimum Gasteiger partial charge on any atom is -0.380 e. The van der Waals surface area contributed by atoms with Crippen LogP contribution >= 0.6 is 0 Å². The van der Waals surface area contributed by atoms with Gasteiger partial charge in [-0.15, -0.1) is 0 Å². The molecule has 10 heteroatoms. The summed E-state index contributed by atoms with van der Waals surface area (Å²) in [7, 11) is 1.70. The fourth-order valence-electron chi connectivity index (χ4n) is 4.29. The van der Waals surface area contributed by atoms with Crippen LogP contribution in [0, 0.1) is 5.82 Å². The number of alkyl halides is 6. The van der Waals surface area contributed by atoms with Crippen molar-refractivity contribution in [3.05, 3.63) is 107 Å². The Morgan fingerprint density at radius 2 is 1.22 bits per heavy atom. The van der Waals surface area contributed by atoms with Crippen molar-refractivity contribution >= 4 is 0 Å². The van der Waals surface area contributed by atoms with E-state index >= 15 is 0 Å². The second-order valence-corrected chi connectivity index (χ2v) is 8.67. The van der Waals surface area contributed by atoms with E-state index in [0.29, 0.717) is 37.4 Å². The zero-order chi connectivity index (χ0) is 27.3. The molecule has 0 aromatic heterocycles. The van der Waals surface area contributed by atoms with Gasteiger partial charge in [0.15, 0.2) is 0 Å². The molecular weight excluding hydrogens is 503 g/mol. The zero-order valence-electron chi connectivity index (χ0n) is 19.8. The Morgan fingerprint density at radius 3 is 1.65 bits per heavy atom. The van der Waals surface area contributed by atoms with Crippen molar-refractivity contribution in [3.63, 3.8) is 0 Å². The van der Waals surface area contributed by atoms with Gasteiger partial charge in [-0.3, -0.25) is 0 Å². The molecule has 1 heterocycles. The first-order valence-electron chi connectivity index (χ1n) is 11.3. The molecule has 0 spiro atoms. The molecule has 2 unspecified atom stereocenters. The Hall–Kier alpha value is -2.95. The number of ether oxygens (including phenoxy) is 1. The summed E-state index contributed by atoms with van der Waals surface area (Å²) in [5.74, 6) is -0.742. The van der Waals surface area contributed by atoms with Gasteiger partial charge in [0.05, 0.1) is 6.61 Å². The van der Waals surface area contributed by atoms with Crippen molar-refractivity contribution in [3.8, 4) is 0 Å². The molecule has 0 bridgehead atoms. The summed E-state index contributed by atoms with van der Waals surface area (Å²) in [4.78, 5) is 0. The number of methoxy groups -OCH3 is 1. The van der Waals surface area contributed by atoms with Gasteiger partial charge >= 0.3 is 12.4 Å². The highest BCUT2D eigenvalue weighted by atomic mass is 19.4. The molecule has 3 aromatic carbocycles. The zero-order valence-corrected chi connectivity index (χ0v) is 19.8. The molecule has 0 saturated carbocycles. The molecule has 200 valence electrons. The lowest BCUT2D eigenvalue weighted by Gasteiger charge is -2.33. The maximum Gasteiger partial charge on any atom is 0.430 e. The highest BCUT2D eigenvalue weighted by molar-refractivity contribution is 5.36. The third-order valence-electron chi connectivity index (χ3n) is 6.24. The van der Waals surface area contributed by atoms with E-state index in [1.807, 2.05) is 30.3 Å². The first-order chi connectivity index (χ1) is 17.4. The van der Waals surface area contributed by atoms with Crippen LogP contribution in [-0.4, -0.2) is 37.7 Å². The quantitative estimate of drug-likeness (QED) is 0.374. The van der Waals surface area contributed by atoms with E-state index in [0.717, 1.165) is 17.7 Å². The van der Waals surface area contributed by atoms with Gasteiger partial charge in [0.2, 0.25) is 0 Å². The standard InChI is InChI=1S/C19H16F7NO.C8H10O/c20-14-7-3-12(4-8-14)16-10-27-9-15(16)11-1-5-13(6-2-11)17(28,18(21,22)23)19(24,25)26;1-9-7-8-5-3-2-4-6-8/h1-8,15-16,27-28H,9-10H2;2-6H,7H2,1H3. The van der Waals surface area contributed by atoms with Gasteiger partial charge in [0, 0.05) is 37.6 Å². The summed E-state index contributed by atoms with van der Waals surface area (Å²) in [6.45, 7) is 1.71. The minimum absolute atomic E-state index is 0.115. The average Bonchev–Trinajstić information content (AvgIpc) is 3.34. The molecular formula is C27H26F7NO2. The fourth-order valence-corrected chi connectivity index (χ4v) is 4.29. The first-order valence-corrected chi connectivity index (χ1v) is 11.3. The second kappa shape index (κ2) is 11.6. The molecule has 2 atom stereocenters. The average molecular weight is 529 g/mol. The number of rotatable bonds is 5. The number of hydrogen-bond donors (Lipinski definition) is 2. The molecule has 0 aliphatic carbocycles. The number of aliphatic hydroxyl groups is 1. The summed E-state index contributed by atoms with van der Waals surface area (Å²) < 4.78 is 96.0. The van der Waals surface area contributed by atoms with Crippen LogP contribution in [0.4, 0.5) is 30.7 Å². The van der Waals surface area contributed by atoms with E-state index in [1.54, 1.807) is 19.2 Å². The van der Waals surface area contributed by atoms with Crippen molar-refractivity contribution in [2.75, 3.05) is 20.2 Å². The maximum atomic E-state index is 13.1. The first kappa shape index (κ1) is 28.6. The van der Waals surface area contributed by atoms with Crippen LogP contribution in [0.5, 0.6) is 0 Å². The van der Waals surface area contributed by atoms with E-state index in [1.165, 1.54) is 17.7 Å². The van der Waals surface area contributed by atoms with Gasteiger partial charge in [-0.25, -0.2) is 4.39 Å². The smallest absolute Gasteiger partial charge is 0.380 e. The largest absolute Gasteiger partial charge is 0.430 e. The van der Waals surface area contributed by atoms with Crippen LogP contribution in [0.3, 0.4) is 0 Å². The molecule has 1 aliphatic heterocycles. The third-order valence-corrected chi connectivity index (χ3v) is 6.24. The highest BCUT2D eigenvalue weighted by Crippen LogP contribution is 2.50. The van der Waals surface area contributed by atoms with Gasteiger partial charge in [-0.2, -0.15) is 26.3 Å². The van der Waals surface area contributed by atoms with Gasteiger partial charge in [-0.1, -0.05) is 66.7 Å². The summed E-state index contributed by atoms with van der Waals surface area (Å²) in [6, 6.07) is 19.5. The predicted molar refractivity (Wildman–Crippen MR) is 124 cm³/mol. The minimum atomic E-state index is -5.92. The SMILES string of the molecule is COCc1ccccc1.OC(c1ccc(C2CNCC2c2ccc(F)cc2)cc1)(C(F)(F)F)C(F)(F)F. The highest BCUT2D eigenvalue weighted by Gasteiger charge is 2.71. The van der Waals surface area contributed by atoms with E-state index in [2.05, 4.69) is 5.32 Å². The van der Waals surface area contributed by atoms with Gasteiger partial charge < -0.3 is 15.2 Å². The Morgan fingerprint density at radius 1 is 0.757 bits per heavy atom. The Kier molecular flexibility index (Phi) is 8.99. The monoisotopic (exact) mass is 529 g/mol. The van der Waals surface area contributed by atoms with Gasteiger partial charge in [0.1, 0.15) is 5.82 Å². The van der Waals surface area contributed by atoms with Crippen molar-refractivity contribution in [2.45, 2.75) is 36.4 Å². The fraction of sp³-hybridized carbons (Fsp3) is 0.333. The van der Waals surface area contributed by atoms with Crippen molar-refractivity contribution in [1.82, 2.24) is 5.32 Å². The molecule has 3 aromatic rings. The van der Waals surface area contributed by atoms with E-state index in [9.17, 15) is 35.8 Å². The molecule has 37 heavy (non-hydrogen) atoms. The Labute approximate surface area is 209 Å². The lowest BCUT2D eigenvalue weighted by atomic mass is 9.82. The molecule has 1 fully saturated rings. The molecule has 0 amide bonds. The second-order valence-electron chi connectivity index (χ2n) is 8.67. The molecule has 0 radical (unpaired) electrons. The molecule has 2 N–H and O–H groups in total. The van der Waals surface area contributed by atoms with E-state index < -0.39 is 29.3 Å². The van der Waals surface area contributed by atoms with Crippen LogP contribution in [-0.2, 0) is 16.9 Å². The van der Waals surface area contributed by atoms with Crippen molar-refractivity contribution in [1.29, 1.82) is 0 Å². The molecule has 4 rings (SSSR count). The van der Waals surface area contributed by atoms with Crippen molar-refractivity contribution < 1.29 is 40.6 Å². The number of halogens is 7. The van der Waals surface area contributed by atoms with Crippen LogP contribution in [0.2, 0.25) is 0 Å². The number of hydrogen-bond acceptors (Lipinski definition) is 3. The summed E-state index contributed by atoms with van der Waals surface area (Å²) in [6.07, 6.45) is -11.8. The van der Waals surface area contributed by atoms with Crippen LogP contribution < -0.4 is 5.32 Å². The number of benzene rings is 3. The van der Waals surface area contributed by atoms with Crippen molar-refractivity contribution in [2.24, 2.45) is 0 Å². The summed E-state index contributed by atoms with van der Waals surface area (Å²) in [5.41, 5.74) is -3.68. The maximum absolute atomic E-state index is 13.1. The van der Waals surface area contributed by atoms with Gasteiger partial charge in [-0.05, 0) is 28.8 Å². The van der Waals surface area contributed by atoms with Crippen LogP contribution in [0.15, 0.2) is 78.9 Å². The van der Waals surface area contributed by atoms with Crippen LogP contribution in [0.25, 0.3) is 0 Å². The van der Waals surface area contributed by atoms with E-state index in [-0.39, 0.29) is 11.8 Å². The summed E-state index contributed by atoms with van der Waals surface area (Å²) in [5, 5.41) is 12.6. The molecule has 1 aliphatic rings. The predicted octanol–water partition coefficient (Wildman–Crippen LogP) is 6.44. The van der Waals surface area contributed by atoms with Crippen LogP contribution in [0.1, 0.15) is 34.1 Å². The topological polar surface area (TPSA) is 41.5 Å². The van der Waals surface area contributed by atoms with E-state index in [4.69, 9.17) is 4.74 Å². The lowest BCUT2D eigenvalue weighted by Crippen LogP contribution is -2.53. The molecule has 1 saturated heterocycles. The molecule has 3 nitrogen and oxygen atoms in total. The third kappa shape index (κ3) is 6.49. The van der Waals surface area contributed by atoms with Gasteiger partial charge in [0.25, 0.3) is 5.60 Å². The normalized spacial score (nSPS) is 18.3. The Balaban J connectivity index is 0.000000356. The Bertz CT molecular complexity index is 1100. The summed E-state index contributed by atoms with van der Waals surface area (Å²) >= 11 is 0. The lowest BCUT2D eigenvalue weighted by molar-refractivity contribution is -0.376.